The number of benzene rings is 1. The maximum Gasteiger partial charge on any atom is 0.275 e. The van der Waals surface area contributed by atoms with E-state index < -0.39 is 0 Å². The Balaban J connectivity index is 2.19. The fourth-order valence-corrected chi connectivity index (χ4v) is 2.41. The highest BCUT2D eigenvalue weighted by Gasteiger charge is 2.15. The van der Waals surface area contributed by atoms with E-state index in [0.29, 0.717) is 17.4 Å². The van der Waals surface area contributed by atoms with Crippen molar-refractivity contribution in [2.45, 2.75) is 53.0 Å². The van der Waals surface area contributed by atoms with E-state index in [2.05, 4.69) is 34.4 Å². The standard InChI is InChI=1S/C19H26N4O/c1-12(2)14-9-7-8-13(3)17(14)22-18(24)15-10-21-16(11-20-15)23-19(4,5)6/h7-12H,1-6H3,(H,21,23)(H,22,24). The van der Waals surface area contributed by atoms with Crippen molar-refractivity contribution in [1.82, 2.24) is 9.97 Å². The summed E-state index contributed by atoms with van der Waals surface area (Å²) in [4.78, 5) is 21.0. The van der Waals surface area contributed by atoms with Gasteiger partial charge in [0.1, 0.15) is 11.5 Å². The van der Waals surface area contributed by atoms with Crippen LogP contribution < -0.4 is 10.6 Å². The van der Waals surface area contributed by atoms with Crippen LogP contribution in [-0.4, -0.2) is 21.4 Å². The summed E-state index contributed by atoms with van der Waals surface area (Å²) in [5, 5.41) is 6.21. The number of nitrogens with one attached hydrogen (secondary N) is 2. The average Bonchev–Trinajstić information content (AvgIpc) is 2.48. The second-order valence-corrected chi connectivity index (χ2v) is 7.31. The molecule has 0 saturated heterocycles. The van der Waals surface area contributed by atoms with Crippen molar-refractivity contribution in [2.75, 3.05) is 10.6 Å². The van der Waals surface area contributed by atoms with Gasteiger partial charge in [-0.3, -0.25) is 4.79 Å². The maximum atomic E-state index is 12.5. The Labute approximate surface area is 143 Å². The van der Waals surface area contributed by atoms with Crippen molar-refractivity contribution in [2.24, 2.45) is 0 Å². The van der Waals surface area contributed by atoms with Crippen LogP contribution in [0, 0.1) is 6.92 Å². The van der Waals surface area contributed by atoms with Gasteiger partial charge in [0.05, 0.1) is 12.4 Å². The van der Waals surface area contributed by atoms with E-state index in [-0.39, 0.29) is 11.4 Å². The Morgan fingerprint density at radius 3 is 2.38 bits per heavy atom. The molecule has 0 unspecified atom stereocenters. The largest absolute Gasteiger partial charge is 0.364 e. The first-order valence-corrected chi connectivity index (χ1v) is 8.18. The van der Waals surface area contributed by atoms with E-state index >= 15 is 0 Å². The summed E-state index contributed by atoms with van der Waals surface area (Å²) in [6.45, 7) is 12.3. The Kier molecular flexibility index (Phi) is 5.22. The molecule has 0 aliphatic carbocycles. The summed E-state index contributed by atoms with van der Waals surface area (Å²) in [5.41, 5.74) is 3.20. The summed E-state index contributed by atoms with van der Waals surface area (Å²) >= 11 is 0. The zero-order valence-corrected chi connectivity index (χ0v) is 15.3. The molecular weight excluding hydrogens is 300 g/mol. The van der Waals surface area contributed by atoms with E-state index in [0.717, 1.165) is 16.8 Å². The lowest BCUT2D eigenvalue weighted by Crippen LogP contribution is -2.27. The zero-order chi connectivity index (χ0) is 17.9. The number of para-hydroxylation sites is 1. The number of aromatic nitrogens is 2. The van der Waals surface area contributed by atoms with Gasteiger partial charge in [0.2, 0.25) is 0 Å². The number of carbonyl (C=O) groups excluding carboxylic acids is 1. The van der Waals surface area contributed by atoms with Gasteiger partial charge in [0.15, 0.2) is 0 Å². The Morgan fingerprint density at radius 1 is 1.12 bits per heavy atom. The third-order valence-electron chi connectivity index (χ3n) is 3.55. The zero-order valence-electron chi connectivity index (χ0n) is 15.3. The number of nitrogens with zero attached hydrogens (tertiary/aromatic N) is 2. The normalized spacial score (nSPS) is 11.5. The van der Waals surface area contributed by atoms with Crippen LogP contribution in [0.25, 0.3) is 0 Å². The monoisotopic (exact) mass is 326 g/mol. The molecule has 0 radical (unpaired) electrons. The van der Waals surface area contributed by atoms with Crippen molar-refractivity contribution in [3.8, 4) is 0 Å². The summed E-state index contributed by atoms with van der Waals surface area (Å²) < 4.78 is 0. The molecular formula is C19H26N4O. The van der Waals surface area contributed by atoms with E-state index in [4.69, 9.17) is 0 Å². The molecule has 0 fully saturated rings. The molecule has 0 bridgehead atoms. The highest BCUT2D eigenvalue weighted by molar-refractivity contribution is 6.03. The first-order chi connectivity index (χ1) is 11.2. The second-order valence-electron chi connectivity index (χ2n) is 7.31. The number of anilines is 2. The molecule has 24 heavy (non-hydrogen) atoms. The molecule has 0 atom stereocenters. The molecule has 0 aliphatic heterocycles. The topological polar surface area (TPSA) is 66.9 Å². The third kappa shape index (κ3) is 4.54. The Hall–Kier alpha value is -2.43. The molecule has 1 heterocycles. The van der Waals surface area contributed by atoms with Gasteiger partial charge in [0.25, 0.3) is 5.91 Å². The Morgan fingerprint density at radius 2 is 1.83 bits per heavy atom. The van der Waals surface area contributed by atoms with Crippen molar-refractivity contribution in [3.05, 3.63) is 47.4 Å². The number of hydrogen-bond acceptors (Lipinski definition) is 4. The molecule has 1 aromatic carbocycles. The van der Waals surface area contributed by atoms with Crippen LogP contribution in [0.2, 0.25) is 0 Å². The quantitative estimate of drug-likeness (QED) is 0.875. The molecule has 1 aromatic heterocycles. The highest BCUT2D eigenvalue weighted by atomic mass is 16.1. The molecule has 2 aromatic rings. The molecule has 5 heteroatoms. The van der Waals surface area contributed by atoms with Crippen LogP contribution in [0.15, 0.2) is 30.6 Å². The lowest BCUT2D eigenvalue weighted by Gasteiger charge is -2.21. The minimum Gasteiger partial charge on any atom is -0.364 e. The summed E-state index contributed by atoms with van der Waals surface area (Å²) in [6, 6.07) is 6.03. The molecule has 5 nitrogen and oxygen atoms in total. The van der Waals surface area contributed by atoms with Crippen molar-refractivity contribution >= 4 is 17.4 Å². The number of aryl methyl sites for hydroxylation is 1. The van der Waals surface area contributed by atoms with E-state index in [9.17, 15) is 4.79 Å². The van der Waals surface area contributed by atoms with Crippen molar-refractivity contribution in [1.29, 1.82) is 0 Å². The first-order valence-electron chi connectivity index (χ1n) is 8.18. The smallest absolute Gasteiger partial charge is 0.275 e. The molecule has 2 rings (SSSR count). The van der Waals surface area contributed by atoms with Crippen molar-refractivity contribution in [3.63, 3.8) is 0 Å². The van der Waals surface area contributed by atoms with Gasteiger partial charge in [-0.2, -0.15) is 0 Å². The number of amides is 1. The van der Waals surface area contributed by atoms with Gasteiger partial charge >= 0.3 is 0 Å². The molecule has 128 valence electrons. The van der Waals surface area contributed by atoms with E-state index in [1.807, 2.05) is 45.9 Å². The minimum absolute atomic E-state index is 0.105. The summed E-state index contributed by atoms with van der Waals surface area (Å²) in [6.07, 6.45) is 3.08. The fraction of sp³-hybridized carbons (Fsp3) is 0.421. The van der Waals surface area contributed by atoms with Gasteiger partial charge in [-0.05, 0) is 44.7 Å². The van der Waals surface area contributed by atoms with Crippen molar-refractivity contribution < 1.29 is 4.79 Å². The summed E-state index contributed by atoms with van der Waals surface area (Å²) in [7, 11) is 0. The van der Waals surface area contributed by atoms with Gasteiger partial charge < -0.3 is 10.6 Å². The van der Waals surface area contributed by atoms with Crippen LogP contribution in [0.3, 0.4) is 0 Å². The molecule has 0 saturated carbocycles. The summed E-state index contributed by atoms with van der Waals surface area (Å²) in [5.74, 6) is 0.725. The molecule has 0 aliphatic rings. The average molecular weight is 326 g/mol. The predicted molar refractivity (Wildman–Crippen MR) is 98.6 cm³/mol. The lowest BCUT2D eigenvalue weighted by atomic mass is 9.98. The van der Waals surface area contributed by atoms with Gasteiger partial charge in [-0.25, -0.2) is 9.97 Å². The van der Waals surface area contributed by atoms with Gasteiger partial charge in [-0.1, -0.05) is 32.0 Å². The molecule has 0 spiro atoms. The Bertz CT molecular complexity index is 715. The maximum absolute atomic E-state index is 12.5. The lowest BCUT2D eigenvalue weighted by molar-refractivity contribution is 0.102. The predicted octanol–water partition coefficient (Wildman–Crippen LogP) is 4.37. The first kappa shape index (κ1) is 17.9. The fourth-order valence-electron chi connectivity index (χ4n) is 2.41. The van der Waals surface area contributed by atoms with Crippen LogP contribution in [0.1, 0.15) is 62.2 Å². The second kappa shape index (κ2) is 6.99. The molecule has 2 N–H and O–H groups in total. The SMILES string of the molecule is Cc1cccc(C(C)C)c1NC(=O)c1cnc(NC(C)(C)C)cn1. The van der Waals surface area contributed by atoms with Crippen LogP contribution >= 0.6 is 0 Å². The van der Waals surface area contributed by atoms with Crippen LogP contribution in [-0.2, 0) is 0 Å². The molecule has 1 amide bonds. The van der Waals surface area contributed by atoms with E-state index in [1.165, 1.54) is 6.20 Å². The number of hydrogen-bond donors (Lipinski definition) is 2. The highest BCUT2D eigenvalue weighted by Crippen LogP contribution is 2.27. The van der Waals surface area contributed by atoms with Gasteiger partial charge in [-0.15, -0.1) is 0 Å². The van der Waals surface area contributed by atoms with Gasteiger partial charge in [0, 0.05) is 11.2 Å². The third-order valence-corrected chi connectivity index (χ3v) is 3.55. The van der Waals surface area contributed by atoms with E-state index in [1.54, 1.807) is 6.20 Å². The number of carbonyl (C=O) groups is 1. The van der Waals surface area contributed by atoms with Crippen LogP contribution in [0.5, 0.6) is 0 Å². The minimum atomic E-state index is -0.249. The van der Waals surface area contributed by atoms with Crippen LogP contribution in [0.4, 0.5) is 11.5 Å². The number of rotatable bonds is 4.